The van der Waals surface area contributed by atoms with Gasteiger partial charge in [-0.1, -0.05) is 23.7 Å². The Kier molecular flexibility index (Phi) is 4.60. The zero-order valence-electron chi connectivity index (χ0n) is 7.64. The van der Waals surface area contributed by atoms with Crippen LogP contribution in [0.15, 0.2) is 24.3 Å². The molecule has 0 aliphatic rings. The van der Waals surface area contributed by atoms with E-state index in [0.717, 1.165) is 0 Å². The molecule has 0 radical (unpaired) electrons. The van der Waals surface area contributed by atoms with Crippen molar-refractivity contribution in [2.75, 3.05) is 17.6 Å². The number of benzene rings is 1. The molecule has 1 rings (SSSR count). The van der Waals surface area contributed by atoms with E-state index >= 15 is 0 Å². The van der Waals surface area contributed by atoms with Gasteiger partial charge in [0.2, 0.25) is 0 Å². The lowest BCUT2D eigenvalue weighted by Gasteiger charge is -2.08. The van der Waals surface area contributed by atoms with E-state index in [1.165, 1.54) is 0 Å². The summed E-state index contributed by atoms with van der Waals surface area (Å²) in [6.45, 7) is 0.230. The van der Waals surface area contributed by atoms with Crippen molar-refractivity contribution in [3.05, 3.63) is 29.3 Å². The van der Waals surface area contributed by atoms with Crippen molar-refractivity contribution in [2.24, 2.45) is 0 Å². The second-order valence-corrected chi connectivity index (χ2v) is 4.27. The highest BCUT2D eigenvalue weighted by Crippen LogP contribution is 2.29. The molecule has 0 aliphatic carbocycles. The van der Waals surface area contributed by atoms with Crippen molar-refractivity contribution >= 4 is 29.1 Å². The molecule has 0 aromatic heterocycles. The van der Waals surface area contributed by atoms with Crippen molar-refractivity contribution in [3.8, 4) is 0 Å². The minimum absolute atomic E-state index is 0.0330. The molecular formula is C9H9ClF3NS. The molecule has 0 saturated carbocycles. The number of nitrogens with one attached hydrogen (secondary N) is 1. The second kappa shape index (κ2) is 5.51. The summed E-state index contributed by atoms with van der Waals surface area (Å²) in [5.74, 6) is -0.0330. The summed E-state index contributed by atoms with van der Waals surface area (Å²) in [5, 5.41) is 3.34. The van der Waals surface area contributed by atoms with Crippen molar-refractivity contribution in [1.82, 2.24) is 0 Å². The third kappa shape index (κ3) is 5.18. The van der Waals surface area contributed by atoms with Crippen LogP contribution in [-0.2, 0) is 0 Å². The number of para-hydroxylation sites is 1. The standard InChI is InChI=1S/C9H9ClF3NS/c10-7-3-1-2-4-8(7)14-5-6-15-9(11,12)13/h1-4,14H,5-6H2. The number of alkyl halides is 3. The predicted octanol–water partition coefficient (Wildman–Crippen LogP) is 4.00. The monoisotopic (exact) mass is 255 g/mol. The number of hydrogen-bond donors (Lipinski definition) is 1. The highest BCUT2D eigenvalue weighted by atomic mass is 35.5. The molecule has 0 atom stereocenters. The van der Waals surface area contributed by atoms with Crippen LogP contribution >= 0.6 is 23.4 Å². The van der Waals surface area contributed by atoms with E-state index in [0.29, 0.717) is 10.7 Å². The van der Waals surface area contributed by atoms with Gasteiger partial charge in [-0.25, -0.2) is 0 Å². The van der Waals surface area contributed by atoms with Gasteiger partial charge >= 0.3 is 5.51 Å². The summed E-state index contributed by atoms with van der Waals surface area (Å²) in [4.78, 5) is 0. The molecule has 15 heavy (non-hydrogen) atoms. The number of anilines is 1. The van der Waals surface area contributed by atoms with E-state index in [9.17, 15) is 13.2 Å². The maximum Gasteiger partial charge on any atom is 0.441 e. The normalized spacial score (nSPS) is 11.5. The van der Waals surface area contributed by atoms with Crippen molar-refractivity contribution in [1.29, 1.82) is 0 Å². The van der Waals surface area contributed by atoms with E-state index in [2.05, 4.69) is 5.32 Å². The lowest BCUT2D eigenvalue weighted by atomic mass is 10.3. The maximum atomic E-state index is 11.8. The van der Waals surface area contributed by atoms with E-state index in [1.807, 2.05) is 0 Å². The summed E-state index contributed by atoms with van der Waals surface area (Å²) >= 11 is 5.75. The van der Waals surface area contributed by atoms with Crippen LogP contribution in [0.4, 0.5) is 18.9 Å². The van der Waals surface area contributed by atoms with Crippen molar-refractivity contribution < 1.29 is 13.2 Å². The summed E-state index contributed by atoms with van der Waals surface area (Å²) in [5.41, 5.74) is -3.51. The third-order valence-electron chi connectivity index (χ3n) is 1.56. The molecule has 1 aromatic carbocycles. The molecule has 1 nitrogen and oxygen atoms in total. The Hall–Kier alpha value is -0.550. The first-order valence-corrected chi connectivity index (χ1v) is 5.54. The predicted molar refractivity (Wildman–Crippen MR) is 58.5 cm³/mol. The average Bonchev–Trinajstić information content (AvgIpc) is 2.13. The second-order valence-electron chi connectivity index (χ2n) is 2.70. The summed E-state index contributed by atoms with van der Waals surface area (Å²) < 4.78 is 35.3. The van der Waals surface area contributed by atoms with Gasteiger partial charge in [0.25, 0.3) is 0 Å². The minimum atomic E-state index is -4.16. The van der Waals surface area contributed by atoms with Gasteiger partial charge in [0.1, 0.15) is 0 Å². The molecule has 1 N–H and O–H groups in total. The lowest BCUT2D eigenvalue weighted by molar-refractivity contribution is -0.0327. The summed E-state index contributed by atoms with van der Waals surface area (Å²) in [7, 11) is 0. The molecule has 0 bridgehead atoms. The number of halogens is 4. The molecule has 0 fully saturated rings. The molecular weight excluding hydrogens is 247 g/mol. The van der Waals surface area contributed by atoms with Crippen LogP contribution in [0.5, 0.6) is 0 Å². The quantitative estimate of drug-likeness (QED) is 0.816. The smallest absolute Gasteiger partial charge is 0.383 e. The first kappa shape index (κ1) is 12.5. The zero-order chi connectivity index (χ0) is 11.3. The van der Waals surface area contributed by atoms with E-state index in [1.54, 1.807) is 24.3 Å². The fourth-order valence-electron chi connectivity index (χ4n) is 0.957. The zero-order valence-corrected chi connectivity index (χ0v) is 9.22. The SMILES string of the molecule is FC(F)(F)SCCNc1ccccc1Cl. The molecule has 0 saturated heterocycles. The van der Waals surface area contributed by atoms with Gasteiger partial charge in [0.15, 0.2) is 0 Å². The summed E-state index contributed by atoms with van der Waals surface area (Å²) in [6, 6.07) is 6.93. The third-order valence-corrected chi connectivity index (χ3v) is 2.62. The Morgan fingerprint density at radius 2 is 1.93 bits per heavy atom. The average molecular weight is 256 g/mol. The van der Waals surface area contributed by atoms with Gasteiger partial charge in [-0.15, -0.1) is 0 Å². The lowest BCUT2D eigenvalue weighted by Crippen LogP contribution is -2.09. The largest absolute Gasteiger partial charge is 0.441 e. The molecule has 0 aliphatic heterocycles. The van der Waals surface area contributed by atoms with Crippen LogP contribution in [0.25, 0.3) is 0 Å². The molecule has 6 heteroatoms. The number of hydrogen-bond acceptors (Lipinski definition) is 2. The molecule has 84 valence electrons. The fraction of sp³-hybridized carbons (Fsp3) is 0.333. The van der Waals surface area contributed by atoms with Gasteiger partial charge < -0.3 is 5.32 Å². The van der Waals surface area contributed by atoms with Crippen molar-refractivity contribution in [3.63, 3.8) is 0 Å². The van der Waals surface area contributed by atoms with Crippen LogP contribution < -0.4 is 5.32 Å². The Morgan fingerprint density at radius 1 is 1.27 bits per heavy atom. The molecule has 1 aromatic rings. The van der Waals surface area contributed by atoms with E-state index in [4.69, 9.17) is 11.6 Å². The Balaban J connectivity index is 2.30. The molecule has 0 unspecified atom stereocenters. The van der Waals surface area contributed by atoms with E-state index in [-0.39, 0.29) is 24.1 Å². The van der Waals surface area contributed by atoms with E-state index < -0.39 is 5.51 Å². The van der Waals surface area contributed by atoms with Gasteiger partial charge in [0.05, 0.1) is 10.7 Å². The number of thioether (sulfide) groups is 1. The maximum absolute atomic E-state index is 11.8. The van der Waals surface area contributed by atoms with Crippen LogP contribution in [0.3, 0.4) is 0 Å². The fourth-order valence-corrected chi connectivity index (χ4v) is 1.60. The molecule has 0 spiro atoms. The van der Waals surface area contributed by atoms with Gasteiger partial charge in [-0.05, 0) is 23.9 Å². The summed E-state index contributed by atoms with van der Waals surface area (Å²) in [6.07, 6.45) is 0. The van der Waals surface area contributed by atoms with Gasteiger partial charge in [-0.3, -0.25) is 0 Å². The minimum Gasteiger partial charge on any atom is -0.383 e. The van der Waals surface area contributed by atoms with Crippen LogP contribution in [0.1, 0.15) is 0 Å². The van der Waals surface area contributed by atoms with Crippen LogP contribution in [-0.4, -0.2) is 17.8 Å². The van der Waals surface area contributed by atoms with Gasteiger partial charge in [-0.2, -0.15) is 13.2 Å². The number of rotatable bonds is 4. The van der Waals surface area contributed by atoms with Crippen molar-refractivity contribution in [2.45, 2.75) is 5.51 Å². The molecule has 0 heterocycles. The topological polar surface area (TPSA) is 12.0 Å². The molecule has 0 amide bonds. The van der Waals surface area contributed by atoms with Crippen LogP contribution in [0.2, 0.25) is 5.02 Å². The van der Waals surface area contributed by atoms with Crippen LogP contribution in [0, 0.1) is 0 Å². The Bertz CT molecular complexity index is 316. The first-order chi connectivity index (χ1) is 6.99. The Labute approximate surface area is 95.0 Å². The first-order valence-electron chi connectivity index (χ1n) is 4.18. The highest BCUT2D eigenvalue weighted by molar-refractivity contribution is 8.00. The Morgan fingerprint density at radius 3 is 2.53 bits per heavy atom. The highest BCUT2D eigenvalue weighted by Gasteiger charge is 2.27. The van der Waals surface area contributed by atoms with Gasteiger partial charge in [0, 0.05) is 12.3 Å².